The van der Waals surface area contributed by atoms with Crippen LogP contribution in [0, 0.1) is 19.8 Å². The van der Waals surface area contributed by atoms with E-state index in [9.17, 15) is 0 Å². The summed E-state index contributed by atoms with van der Waals surface area (Å²) in [5.74, 6) is 1.55. The number of aryl methyl sites for hydroxylation is 2. The number of piperidine rings is 1. The molecule has 0 saturated carbocycles. The molecule has 1 aliphatic heterocycles. The molecule has 0 bridgehead atoms. The third kappa shape index (κ3) is 4.39. The lowest BCUT2D eigenvalue weighted by Gasteiger charge is -2.42. The Morgan fingerprint density at radius 1 is 1.29 bits per heavy atom. The van der Waals surface area contributed by atoms with Gasteiger partial charge in [0.25, 0.3) is 0 Å². The summed E-state index contributed by atoms with van der Waals surface area (Å²) < 4.78 is 7.50. The number of rotatable bonds is 7. The molecule has 0 unspecified atom stereocenters. The number of methoxy groups -OCH3 is 1. The Labute approximate surface area is 169 Å². The minimum absolute atomic E-state index is 0.441. The summed E-state index contributed by atoms with van der Waals surface area (Å²) in [7, 11) is 5.95. The first kappa shape index (κ1) is 20.8. The maximum Gasteiger partial charge on any atom is 0.128 e. The van der Waals surface area contributed by atoms with E-state index in [-0.39, 0.29) is 0 Å². The van der Waals surface area contributed by atoms with Crippen LogP contribution in [-0.2, 0) is 13.6 Å². The van der Waals surface area contributed by atoms with E-state index < -0.39 is 0 Å². The highest BCUT2D eigenvalue weighted by molar-refractivity contribution is 5.41. The van der Waals surface area contributed by atoms with Crippen molar-refractivity contribution in [2.24, 2.45) is 13.0 Å². The van der Waals surface area contributed by atoms with Crippen molar-refractivity contribution in [2.75, 3.05) is 33.8 Å². The quantitative estimate of drug-likeness (QED) is 0.731. The van der Waals surface area contributed by atoms with Crippen LogP contribution in [0.4, 0.5) is 0 Å². The number of nitrogens with zero attached hydrogens (tertiary/aromatic N) is 5. The fourth-order valence-electron chi connectivity index (χ4n) is 4.72. The van der Waals surface area contributed by atoms with Crippen LogP contribution < -0.4 is 4.74 Å². The van der Waals surface area contributed by atoms with Crippen molar-refractivity contribution in [3.63, 3.8) is 0 Å². The van der Waals surface area contributed by atoms with E-state index in [1.54, 1.807) is 7.11 Å². The van der Waals surface area contributed by atoms with Gasteiger partial charge in [-0.15, -0.1) is 0 Å². The molecule has 0 amide bonds. The van der Waals surface area contributed by atoms with Gasteiger partial charge in [-0.3, -0.25) is 14.6 Å². The monoisotopic (exact) mass is 385 g/mol. The zero-order chi connectivity index (χ0) is 20.3. The number of pyridine rings is 1. The molecule has 6 heteroatoms. The van der Waals surface area contributed by atoms with Gasteiger partial charge in [0.05, 0.1) is 19.0 Å². The number of hydrogen-bond donors (Lipinski definition) is 0. The molecule has 0 aliphatic carbocycles. The van der Waals surface area contributed by atoms with E-state index in [4.69, 9.17) is 4.74 Å². The Morgan fingerprint density at radius 2 is 2.07 bits per heavy atom. The average molecular weight is 386 g/mol. The molecule has 2 aromatic rings. The van der Waals surface area contributed by atoms with E-state index >= 15 is 0 Å². The summed E-state index contributed by atoms with van der Waals surface area (Å²) in [6.45, 7) is 10.6. The Morgan fingerprint density at radius 3 is 2.71 bits per heavy atom. The summed E-state index contributed by atoms with van der Waals surface area (Å²) >= 11 is 0. The molecule has 1 aliphatic rings. The van der Waals surface area contributed by atoms with Gasteiger partial charge in [-0.2, -0.15) is 5.10 Å². The van der Waals surface area contributed by atoms with Crippen molar-refractivity contribution < 1.29 is 4.74 Å². The third-order valence-corrected chi connectivity index (χ3v) is 6.05. The van der Waals surface area contributed by atoms with Crippen molar-refractivity contribution in [1.29, 1.82) is 0 Å². The largest absolute Gasteiger partial charge is 0.496 e. The minimum atomic E-state index is 0.441. The Kier molecular flexibility index (Phi) is 6.73. The Hall–Kier alpha value is -1.92. The fraction of sp³-hybridized carbons (Fsp3) is 0.636. The van der Waals surface area contributed by atoms with E-state index in [0.717, 1.165) is 42.2 Å². The smallest absolute Gasteiger partial charge is 0.128 e. The van der Waals surface area contributed by atoms with Gasteiger partial charge in [0.15, 0.2) is 0 Å². The van der Waals surface area contributed by atoms with E-state index in [0.29, 0.717) is 12.0 Å². The van der Waals surface area contributed by atoms with Crippen molar-refractivity contribution >= 4 is 0 Å². The number of ether oxygens (including phenoxy) is 1. The summed E-state index contributed by atoms with van der Waals surface area (Å²) in [4.78, 5) is 9.71. The lowest BCUT2D eigenvalue weighted by molar-refractivity contribution is 0.0746. The molecule has 6 nitrogen and oxygen atoms in total. The Bertz CT molecular complexity index is 787. The van der Waals surface area contributed by atoms with Crippen LogP contribution in [0.1, 0.15) is 48.2 Å². The molecule has 1 saturated heterocycles. The van der Waals surface area contributed by atoms with Crippen LogP contribution in [0.2, 0.25) is 0 Å². The maximum absolute atomic E-state index is 5.58. The lowest BCUT2D eigenvalue weighted by Crippen LogP contribution is -2.42. The van der Waals surface area contributed by atoms with Gasteiger partial charge >= 0.3 is 0 Å². The normalized spacial score (nSPS) is 20.7. The zero-order valence-electron chi connectivity index (χ0n) is 18.3. The van der Waals surface area contributed by atoms with Gasteiger partial charge in [-0.05, 0) is 52.7 Å². The molecular formula is C22H35N5O. The highest BCUT2D eigenvalue weighted by atomic mass is 16.5. The molecule has 2 aromatic heterocycles. The summed E-state index contributed by atoms with van der Waals surface area (Å²) in [6, 6.07) is 0.441. The van der Waals surface area contributed by atoms with E-state index in [1.807, 2.05) is 31.0 Å². The van der Waals surface area contributed by atoms with Crippen molar-refractivity contribution in [1.82, 2.24) is 24.6 Å². The second kappa shape index (κ2) is 9.05. The molecule has 0 radical (unpaired) electrons. The average Bonchev–Trinajstić information content (AvgIpc) is 3.10. The van der Waals surface area contributed by atoms with Gasteiger partial charge in [-0.1, -0.05) is 6.92 Å². The van der Waals surface area contributed by atoms with Crippen LogP contribution in [0.25, 0.3) is 0 Å². The maximum atomic E-state index is 5.58. The topological polar surface area (TPSA) is 46.4 Å². The fourth-order valence-corrected chi connectivity index (χ4v) is 4.72. The van der Waals surface area contributed by atoms with Crippen LogP contribution in [0.3, 0.4) is 0 Å². The summed E-state index contributed by atoms with van der Waals surface area (Å²) in [5, 5.41) is 4.43. The number of likely N-dealkylation sites (tertiary alicyclic amines) is 1. The third-order valence-electron chi connectivity index (χ3n) is 6.05. The minimum Gasteiger partial charge on any atom is -0.496 e. The first-order valence-corrected chi connectivity index (χ1v) is 10.3. The van der Waals surface area contributed by atoms with Gasteiger partial charge in [0, 0.05) is 55.3 Å². The first-order valence-electron chi connectivity index (χ1n) is 10.3. The predicted molar refractivity (Wildman–Crippen MR) is 113 cm³/mol. The zero-order valence-corrected chi connectivity index (χ0v) is 18.3. The van der Waals surface area contributed by atoms with Crippen molar-refractivity contribution in [3.05, 3.63) is 41.0 Å². The van der Waals surface area contributed by atoms with Gasteiger partial charge in [0.2, 0.25) is 0 Å². The Balaban J connectivity index is 1.75. The van der Waals surface area contributed by atoms with Crippen molar-refractivity contribution in [3.8, 4) is 5.75 Å². The van der Waals surface area contributed by atoms with Gasteiger partial charge < -0.3 is 9.64 Å². The predicted octanol–water partition coefficient (Wildman–Crippen LogP) is 3.35. The van der Waals surface area contributed by atoms with Crippen molar-refractivity contribution in [2.45, 2.75) is 46.2 Å². The first-order chi connectivity index (χ1) is 13.4. The molecule has 0 spiro atoms. The highest BCUT2D eigenvalue weighted by Gasteiger charge is 2.33. The SMILES string of the molecule is CCN1CCC[C@@H](CN(C)Cc2ncc(C)c(OC)c2C)[C@@H]1c1cnn(C)c1. The van der Waals surface area contributed by atoms with Gasteiger partial charge in [0.1, 0.15) is 5.75 Å². The van der Waals surface area contributed by atoms with Crippen LogP contribution >= 0.6 is 0 Å². The standard InChI is InChI=1S/C22H35N5O/c1-7-27-10-8-9-18(21(27)19-12-24-26(5)14-19)13-25(4)15-20-17(3)22(28-6)16(2)11-23-20/h11-12,14,18,21H,7-10,13,15H2,1-6H3/t18-,21+/m0/s1. The summed E-state index contributed by atoms with van der Waals surface area (Å²) in [5.41, 5.74) is 4.69. The van der Waals surface area contributed by atoms with Crippen LogP contribution in [0.5, 0.6) is 5.75 Å². The lowest BCUT2D eigenvalue weighted by atomic mass is 9.85. The van der Waals surface area contributed by atoms with E-state index in [1.165, 1.54) is 24.9 Å². The molecule has 3 rings (SSSR count). The second-order valence-corrected chi connectivity index (χ2v) is 8.17. The summed E-state index contributed by atoms with van der Waals surface area (Å²) in [6.07, 6.45) is 8.67. The molecule has 3 heterocycles. The number of hydrogen-bond acceptors (Lipinski definition) is 5. The molecule has 0 aromatic carbocycles. The van der Waals surface area contributed by atoms with E-state index in [2.05, 4.69) is 47.0 Å². The molecule has 28 heavy (non-hydrogen) atoms. The van der Waals surface area contributed by atoms with Crippen LogP contribution in [-0.4, -0.2) is 58.4 Å². The number of aromatic nitrogens is 3. The molecule has 2 atom stereocenters. The highest BCUT2D eigenvalue weighted by Crippen LogP contribution is 2.36. The van der Waals surface area contributed by atoms with Crippen LogP contribution in [0.15, 0.2) is 18.6 Å². The molecule has 0 N–H and O–H groups in total. The second-order valence-electron chi connectivity index (χ2n) is 8.17. The van der Waals surface area contributed by atoms with Gasteiger partial charge in [-0.25, -0.2) is 0 Å². The molecule has 1 fully saturated rings. The molecule has 154 valence electrons. The molecular weight excluding hydrogens is 350 g/mol.